The number of alkyl halides is 4. The zero-order chi connectivity index (χ0) is 15.7. The summed E-state index contributed by atoms with van der Waals surface area (Å²) in [6.45, 7) is 1.14. The lowest BCUT2D eigenvalue weighted by molar-refractivity contribution is -0.388. The van der Waals surface area contributed by atoms with E-state index in [0.29, 0.717) is 12.1 Å². The summed E-state index contributed by atoms with van der Waals surface area (Å²) in [5, 5.41) is 21.9. The van der Waals surface area contributed by atoms with E-state index in [1.54, 1.807) is 0 Å². The average molecular weight is 402 g/mol. The van der Waals surface area contributed by atoms with Crippen LogP contribution in [-0.4, -0.2) is 19.5 Å². The molecule has 0 heterocycles. The summed E-state index contributed by atoms with van der Waals surface area (Å²) in [5.41, 5.74) is -2.89. The molecule has 6 nitrogen and oxygen atoms in total. The van der Waals surface area contributed by atoms with Crippen LogP contribution in [-0.2, 0) is 11.0 Å². The highest BCUT2D eigenvalue weighted by Gasteiger charge is 2.38. The highest BCUT2D eigenvalue weighted by molar-refractivity contribution is 14.1. The molecule has 10 heteroatoms. The van der Waals surface area contributed by atoms with Crippen molar-refractivity contribution in [1.82, 2.24) is 0 Å². The minimum Gasteiger partial charge on any atom is -0.371 e. The molecule has 0 saturated carbocycles. The van der Waals surface area contributed by atoms with Gasteiger partial charge in [0, 0.05) is 11.8 Å². The number of amides is 1. The molecule has 1 aromatic carbocycles. The average Bonchev–Trinajstić information content (AvgIpc) is 2.26. The van der Waals surface area contributed by atoms with Gasteiger partial charge in [0.05, 0.1) is 4.92 Å². The maximum Gasteiger partial charge on any atom is 0.423 e. The Morgan fingerprint density at radius 3 is 2.40 bits per heavy atom. The van der Waals surface area contributed by atoms with Crippen LogP contribution in [0.5, 0.6) is 0 Å². The van der Waals surface area contributed by atoms with Gasteiger partial charge < -0.3 is 10.4 Å². The van der Waals surface area contributed by atoms with Crippen molar-refractivity contribution in [2.75, 3.05) is 5.32 Å². The third kappa shape index (κ3) is 4.03. The van der Waals surface area contributed by atoms with E-state index in [9.17, 15) is 33.2 Å². The van der Waals surface area contributed by atoms with Crippen molar-refractivity contribution >= 4 is 39.9 Å². The Balaban J connectivity index is 3.21. The number of nitrogens with zero attached hydrogens (tertiary/aromatic N) is 1. The first-order chi connectivity index (χ1) is 8.93. The number of rotatable bonds is 3. The van der Waals surface area contributed by atoms with Gasteiger partial charge in [0.15, 0.2) is 3.61 Å². The van der Waals surface area contributed by atoms with Crippen molar-refractivity contribution in [2.45, 2.75) is 16.7 Å². The Bertz CT molecular complexity index is 554. The highest BCUT2D eigenvalue weighted by atomic mass is 125. The summed E-state index contributed by atoms with van der Waals surface area (Å²) in [6.07, 6.45) is -4.93. The Labute approximate surface area is 124 Å². The second-order valence-electron chi connectivity index (χ2n) is 3.89. The number of nitro groups is 1. The van der Waals surface area contributed by atoms with Crippen LogP contribution in [0, 0.1) is 10.1 Å². The molecule has 0 aliphatic carbocycles. The van der Waals surface area contributed by atoms with Crippen molar-refractivity contribution in [3.63, 3.8) is 0 Å². The second kappa shape index (κ2) is 5.52. The van der Waals surface area contributed by atoms with Crippen LogP contribution >= 0.6 is 22.6 Å². The minimum atomic E-state index is -4.93. The molecule has 0 aromatic heterocycles. The normalized spacial score (nSPS) is 14.5. The summed E-state index contributed by atoms with van der Waals surface area (Å²) < 4.78 is 36.3. The highest BCUT2D eigenvalue weighted by Crippen LogP contribution is 2.37. The summed E-state index contributed by atoms with van der Waals surface area (Å²) in [7, 11) is 0. The first-order valence-corrected chi connectivity index (χ1v) is 6.09. The smallest absolute Gasteiger partial charge is 0.371 e. The molecule has 0 unspecified atom stereocenters. The molecule has 1 amide bonds. The molecule has 0 spiro atoms. The molecule has 1 rings (SSSR count). The number of aliphatic hydroxyl groups is 1. The second-order valence-corrected chi connectivity index (χ2v) is 5.99. The maximum atomic E-state index is 12.7. The minimum absolute atomic E-state index is 0.301. The van der Waals surface area contributed by atoms with Crippen LogP contribution < -0.4 is 5.32 Å². The van der Waals surface area contributed by atoms with E-state index in [4.69, 9.17) is 0 Å². The molecule has 1 aromatic rings. The van der Waals surface area contributed by atoms with Gasteiger partial charge in [0.1, 0.15) is 5.56 Å². The number of anilines is 1. The number of nitrogens with one attached hydrogen (secondary N) is 1. The lowest BCUT2D eigenvalue weighted by atomic mass is 10.1. The molecule has 110 valence electrons. The monoisotopic (exact) mass is 402 g/mol. The van der Waals surface area contributed by atoms with Gasteiger partial charge >= 0.3 is 6.18 Å². The molecule has 0 fully saturated rings. The van der Waals surface area contributed by atoms with Crippen LogP contribution in [0.1, 0.15) is 12.5 Å². The van der Waals surface area contributed by atoms with E-state index in [1.165, 1.54) is 22.6 Å². The van der Waals surface area contributed by atoms with E-state index in [2.05, 4.69) is 0 Å². The van der Waals surface area contributed by atoms with Crippen LogP contribution in [0.15, 0.2) is 18.2 Å². The topological polar surface area (TPSA) is 92.5 Å². The largest absolute Gasteiger partial charge is 0.423 e. The summed E-state index contributed by atoms with van der Waals surface area (Å²) in [6, 6.07) is 2.03. The molecular formula is C10H8F3IN2O4. The SMILES string of the molecule is C[C@](O)([125I])C(=O)Nc1ccc([N+](=O)[O-])c(C(F)(F)F)c1. The van der Waals surface area contributed by atoms with E-state index < -0.39 is 31.9 Å². The number of carbonyl (C=O) groups is 1. The summed E-state index contributed by atoms with van der Waals surface area (Å²) in [4.78, 5) is 20.8. The predicted molar refractivity (Wildman–Crippen MR) is 71.4 cm³/mol. The summed E-state index contributed by atoms with van der Waals surface area (Å²) >= 11 is 1.38. The van der Waals surface area contributed by atoms with Crippen LogP contribution in [0.25, 0.3) is 0 Å². The molecule has 20 heavy (non-hydrogen) atoms. The molecular weight excluding hydrogens is 394 g/mol. The van der Waals surface area contributed by atoms with Crippen molar-refractivity contribution in [2.24, 2.45) is 0 Å². The Kier molecular flexibility index (Phi) is 4.59. The number of benzene rings is 1. The van der Waals surface area contributed by atoms with E-state index in [0.717, 1.165) is 13.0 Å². The van der Waals surface area contributed by atoms with Gasteiger partial charge in [-0.25, -0.2) is 0 Å². The predicted octanol–water partition coefficient (Wildman–Crippen LogP) is 2.70. The fourth-order valence-corrected chi connectivity index (χ4v) is 1.38. The van der Waals surface area contributed by atoms with Gasteiger partial charge in [-0.3, -0.25) is 14.9 Å². The Morgan fingerprint density at radius 2 is 2.00 bits per heavy atom. The molecule has 2 N–H and O–H groups in total. The molecule has 0 saturated heterocycles. The maximum absolute atomic E-state index is 12.7. The van der Waals surface area contributed by atoms with Gasteiger partial charge in [-0.1, -0.05) is 0 Å². The lowest BCUT2D eigenvalue weighted by Gasteiger charge is -2.16. The van der Waals surface area contributed by atoms with Crippen LogP contribution in [0.3, 0.4) is 0 Å². The zero-order valence-corrected chi connectivity index (χ0v) is 12.0. The van der Waals surface area contributed by atoms with Crippen LogP contribution in [0.4, 0.5) is 24.5 Å². The van der Waals surface area contributed by atoms with Crippen molar-refractivity contribution < 1.29 is 28.0 Å². The summed E-state index contributed by atoms with van der Waals surface area (Å²) in [5.74, 6) is -0.944. The third-order valence-electron chi connectivity index (χ3n) is 2.17. The van der Waals surface area contributed by atoms with Gasteiger partial charge in [-0.15, -0.1) is 0 Å². The van der Waals surface area contributed by atoms with Crippen LogP contribution in [0.2, 0.25) is 0 Å². The van der Waals surface area contributed by atoms with E-state index in [-0.39, 0.29) is 5.69 Å². The third-order valence-corrected chi connectivity index (χ3v) is 2.66. The number of carbonyl (C=O) groups excluding carboxylic acids is 1. The molecule has 0 radical (unpaired) electrons. The van der Waals surface area contributed by atoms with E-state index in [1.807, 2.05) is 5.32 Å². The van der Waals surface area contributed by atoms with Crippen molar-refractivity contribution in [1.29, 1.82) is 0 Å². The molecule has 0 bridgehead atoms. The van der Waals surface area contributed by atoms with Gasteiger partial charge in [0.25, 0.3) is 11.6 Å². The standard InChI is InChI=1S/C10H8F3IN2O4/c1-9(14,18)8(17)15-5-2-3-7(16(19)20)6(4-5)10(11,12)13/h2-4,18H,1H3,(H,15,17)/t9-/m1/s1/i14-2. The quantitative estimate of drug-likeness (QED) is 0.352. The first-order valence-electron chi connectivity index (χ1n) is 5.01. The van der Waals surface area contributed by atoms with Crippen molar-refractivity contribution in [3.05, 3.63) is 33.9 Å². The fourth-order valence-electron chi connectivity index (χ4n) is 1.25. The lowest BCUT2D eigenvalue weighted by Crippen LogP contribution is -2.33. The zero-order valence-electron chi connectivity index (χ0n) is 9.86. The van der Waals surface area contributed by atoms with Gasteiger partial charge in [-0.05, 0) is 41.6 Å². The Morgan fingerprint density at radius 1 is 1.45 bits per heavy atom. The first kappa shape index (κ1) is 16.6. The van der Waals surface area contributed by atoms with Gasteiger partial charge in [-0.2, -0.15) is 13.2 Å². The molecule has 0 aliphatic rings. The van der Waals surface area contributed by atoms with E-state index >= 15 is 0 Å². The number of hydrogen-bond donors (Lipinski definition) is 2. The molecule has 1 atom stereocenters. The number of halogens is 4. The molecule has 0 aliphatic heterocycles. The number of nitro benzene ring substituents is 1. The van der Waals surface area contributed by atoms with Gasteiger partial charge in [0.2, 0.25) is 0 Å². The Hall–Kier alpha value is -1.43. The van der Waals surface area contributed by atoms with Crippen molar-refractivity contribution in [3.8, 4) is 0 Å². The number of hydrogen-bond acceptors (Lipinski definition) is 4. The fraction of sp³-hybridized carbons (Fsp3) is 0.300.